The number of rotatable bonds is 2. The van der Waals surface area contributed by atoms with E-state index in [1.54, 1.807) is 20.3 Å². The van der Waals surface area contributed by atoms with Crippen molar-refractivity contribution >= 4 is 0 Å². The second-order valence-electron chi connectivity index (χ2n) is 1.84. The van der Waals surface area contributed by atoms with Gasteiger partial charge in [-0.25, -0.2) is 0 Å². The van der Waals surface area contributed by atoms with Crippen molar-refractivity contribution in [2.24, 2.45) is 0 Å². The highest BCUT2D eigenvalue weighted by molar-refractivity contribution is 5.20. The van der Waals surface area contributed by atoms with E-state index in [-0.39, 0.29) is 0 Å². The highest BCUT2D eigenvalue weighted by Crippen LogP contribution is 2.16. The number of methoxy groups -OCH3 is 2. The summed E-state index contributed by atoms with van der Waals surface area (Å²) in [5.41, 5.74) is 0. The van der Waals surface area contributed by atoms with E-state index < -0.39 is 0 Å². The Kier molecular flexibility index (Phi) is 2.37. The van der Waals surface area contributed by atoms with Crippen LogP contribution in [-0.4, -0.2) is 14.2 Å². The van der Waals surface area contributed by atoms with Gasteiger partial charge in [-0.15, -0.1) is 0 Å². The lowest BCUT2D eigenvalue weighted by atomic mass is 10.1. The molecule has 0 aromatic heterocycles. The van der Waals surface area contributed by atoms with Gasteiger partial charge < -0.3 is 9.47 Å². The molecule has 0 atom stereocenters. The van der Waals surface area contributed by atoms with Gasteiger partial charge in [0.2, 0.25) is 0 Å². The standard InChI is InChI=1S/C8H9O2/c1-9-7-3-5-8(10-2)6-4-7/h3H,6H2,1-2H3. The van der Waals surface area contributed by atoms with E-state index in [0.29, 0.717) is 6.42 Å². The van der Waals surface area contributed by atoms with Crippen LogP contribution in [0.3, 0.4) is 0 Å². The minimum Gasteiger partial charge on any atom is -0.500 e. The van der Waals surface area contributed by atoms with Crippen molar-refractivity contribution in [3.8, 4) is 0 Å². The third kappa shape index (κ3) is 1.53. The summed E-state index contributed by atoms with van der Waals surface area (Å²) < 4.78 is 9.83. The van der Waals surface area contributed by atoms with Gasteiger partial charge in [0, 0.05) is 12.5 Å². The lowest BCUT2D eigenvalue weighted by Crippen LogP contribution is -1.97. The Morgan fingerprint density at radius 2 is 2.20 bits per heavy atom. The van der Waals surface area contributed by atoms with Crippen LogP contribution in [0.25, 0.3) is 0 Å². The van der Waals surface area contributed by atoms with E-state index in [1.165, 1.54) is 0 Å². The zero-order valence-corrected chi connectivity index (χ0v) is 6.10. The van der Waals surface area contributed by atoms with Gasteiger partial charge in [-0.2, -0.15) is 0 Å². The molecular weight excluding hydrogens is 128 g/mol. The quantitative estimate of drug-likeness (QED) is 0.571. The molecule has 2 nitrogen and oxygen atoms in total. The summed E-state index contributed by atoms with van der Waals surface area (Å²) in [4.78, 5) is 0. The molecule has 0 aliphatic heterocycles. The molecule has 0 saturated carbocycles. The molecule has 0 N–H and O–H groups in total. The molecule has 3 radical (unpaired) electrons. The molecule has 0 unspecified atom stereocenters. The predicted octanol–water partition coefficient (Wildman–Crippen LogP) is 1.34. The molecule has 53 valence electrons. The van der Waals surface area contributed by atoms with Gasteiger partial charge in [0.05, 0.1) is 20.6 Å². The maximum atomic E-state index is 4.93. The third-order valence-electron chi connectivity index (χ3n) is 1.25. The fourth-order valence-corrected chi connectivity index (χ4v) is 0.678. The minimum atomic E-state index is 0.649. The SMILES string of the molecule is COC1=[C]C=C(OC)[C]C1. The summed E-state index contributed by atoms with van der Waals surface area (Å²) in [6.07, 6.45) is 8.26. The molecule has 10 heavy (non-hydrogen) atoms. The smallest absolute Gasteiger partial charge is 0.105 e. The molecule has 0 heterocycles. The van der Waals surface area contributed by atoms with Crippen LogP contribution in [0.2, 0.25) is 0 Å². The monoisotopic (exact) mass is 137 g/mol. The molecule has 1 aliphatic rings. The second kappa shape index (κ2) is 3.30. The first-order valence-electron chi connectivity index (χ1n) is 3.01. The van der Waals surface area contributed by atoms with Crippen molar-refractivity contribution in [3.05, 3.63) is 30.1 Å². The zero-order chi connectivity index (χ0) is 7.40. The van der Waals surface area contributed by atoms with Gasteiger partial charge >= 0.3 is 0 Å². The summed E-state index contributed by atoms with van der Waals surface area (Å²) in [7, 11) is 3.23. The highest BCUT2D eigenvalue weighted by Gasteiger charge is 2.06. The Labute approximate surface area is 61.1 Å². The van der Waals surface area contributed by atoms with Crippen LogP contribution in [0.1, 0.15) is 6.42 Å². The number of hydrogen-bond acceptors (Lipinski definition) is 2. The summed E-state index contributed by atoms with van der Waals surface area (Å²) in [5.74, 6) is 1.52. The van der Waals surface area contributed by atoms with Gasteiger partial charge in [-0.3, -0.25) is 0 Å². The number of hydrogen-bond donors (Lipinski definition) is 0. The average Bonchev–Trinajstić information content (AvgIpc) is 2.05. The number of allylic oxidation sites excluding steroid dienone is 4. The third-order valence-corrected chi connectivity index (χ3v) is 1.25. The Bertz CT molecular complexity index is 148. The van der Waals surface area contributed by atoms with Crippen LogP contribution in [0.15, 0.2) is 17.6 Å². The molecule has 1 rings (SSSR count). The van der Waals surface area contributed by atoms with Crippen LogP contribution in [0.5, 0.6) is 0 Å². The first kappa shape index (κ1) is 7.19. The van der Waals surface area contributed by atoms with Crippen LogP contribution in [0.4, 0.5) is 0 Å². The molecule has 0 aromatic rings. The van der Waals surface area contributed by atoms with Crippen LogP contribution in [0, 0.1) is 12.5 Å². The van der Waals surface area contributed by atoms with Crippen molar-refractivity contribution in [2.75, 3.05) is 14.2 Å². The normalized spacial score (nSPS) is 17.4. The molecule has 2 heteroatoms. The van der Waals surface area contributed by atoms with Crippen molar-refractivity contribution < 1.29 is 9.47 Å². The van der Waals surface area contributed by atoms with Crippen molar-refractivity contribution in [1.29, 1.82) is 0 Å². The highest BCUT2D eigenvalue weighted by atomic mass is 16.5. The van der Waals surface area contributed by atoms with Gasteiger partial charge in [-0.1, -0.05) is 0 Å². The van der Waals surface area contributed by atoms with E-state index in [2.05, 4.69) is 12.5 Å². The summed E-state index contributed by atoms with van der Waals surface area (Å²) in [6, 6.07) is 0. The molecule has 0 saturated heterocycles. The molecule has 0 fully saturated rings. The molecule has 0 bridgehead atoms. The van der Waals surface area contributed by atoms with E-state index >= 15 is 0 Å². The van der Waals surface area contributed by atoms with E-state index in [9.17, 15) is 0 Å². The van der Waals surface area contributed by atoms with Crippen molar-refractivity contribution in [3.63, 3.8) is 0 Å². The molecular formula is C8H9O2. The average molecular weight is 137 g/mol. The largest absolute Gasteiger partial charge is 0.500 e. The summed E-state index contributed by atoms with van der Waals surface area (Å²) in [6.45, 7) is 0. The van der Waals surface area contributed by atoms with E-state index in [0.717, 1.165) is 11.5 Å². The van der Waals surface area contributed by atoms with E-state index in [4.69, 9.17) is 9.47 Å². The van der Waals surface area contributed by atoms with Crippen LogP contribution >= 0.6 is 0 Å². The first-order valence-corrected chi connectivity index (χ1v) is 3.01. The predicted molar refractivity (Wildman–Crippen MR) is 36.7 cm³/mol. The molecule has 0 spiro atoms. The Hall–Kier alpha value is -0.920. The van der Waals surface area contributed by atoms with Gasteiger partial charge in [0.1, 0.15) is 11.5 Å². The fourth-order valence-electron chi connectivity index (χ4n) is 0.678. The lowest BCUT2D eigenvalue weighted by Gasteiger charge is -2.10. The maximum absolute atomic E-state index is 4.93. The fraction of sp³-hybridized carbons (Fsp3) is 0.375. The molecule has 0 aromatic carbocycles. The maximum Gasteiger partial charge on any atom is 0.105 e. The second-order valence-corrected chi connectivity index (χ2v) is 1.84. The Morgan fingerprint density at radius 1 is 1.40 bits per heavy atom. The lowest BCUT2D eigenvalue weighted by molar-refractivity contribution is 0.262. The van der Waals surface area contributed by atoms with E-state index in [1.807, 2.05) is 0 Å². The topological polar surface area (TPSA) is 18.5 Å². The van der Waals surface area contributed by atoms with Crippen molar-refractivity contribution in [1.82, 2.24) is 0 Å². The first-order chi connectivity index (χ1) is 4.86. The zero-order valence-electron chi connectivity index (χ0n) is 6.10. The van der Waals surface area contributed by atoms with Gasteiger partial charge in [-0.05, 0) is 6.08 Å². The van der Waals surface area contributed by atoms with Crippen molar-refractivity contribution in [2.45, 2.75) is 6.42 Å². The summed E-state index contributed by atoms with van der Waals surface area (Å²) >= 11 is 0. The summed E-state index contributed by atoms with van der Waals surface area (Å²) in [5, 5.41) is 0. The van der Waals surface area contributed by atoms with Gasteiger partial charge in [0.15, 0.2) is 0 Å². The van der Waals surface area contributed by atoms with Crippen LogP contribution in [-0.2, 0) is 9.47 Å². The Balaban J connectivity index is 2.55. The van der Waals surface area contributed by atoms with Gasteiger partial charge in [0.25, 0.3) is 0 Å². The number of ether oxygens (including phenoxy) is 2. The minimum absolute atomic E-state index is 0.649. The molecule has 0 amide bonds. The Morgan fingerprint density at radius 3 is 2.60 bits per heavy atom. The molecule has 1 aliphatic carbocycles. The van der Waals surface area contributed by atoms with Crippen LogP contribution < -0.4 is 0 Å².